The number of piperidine rings is 1. The van der Waals surface area contributed by atoms with Crippen LogP contribution in [-0.4, -0.2) is 49.8 Å². The van der Waals surface area contributed by atoms with E-state index >= 15 is 0 Å². The molecule has 5 nitrogen and oxygen atoms in total. The van der Waals surface area contributed by atoms with Crippen LogP contribution in [0.5, 0.6) is 11.5 Å². The molecule has 1 atom stereocenters. The van der Waals surface area contributed by atoms with Crippen molar-refractivity contribution in [1.29, 1.82) is 0 Å². The first-order chi connectivity index (χ1) is 12.3. The summed E-state index contributed by atoms with van der Waals surface area (Å²) in [6.45, 7) is 3.93. The molecule has 2 saturated heterocycles. The Morgan fingerprint density at radius 3 is 2.68 bits per heavy atom. The van der Waals surface area contributed by atoms with Crippen LogP contribution in [0.15, 0.2) is 6.07 Å². The van der Waals surface area contributed by atoms with E-state index in [9.17, 15) is 4.79 Å². The van der Waals surface area contributed by atoms with Gasteiger partial charge in [0.25, 0.3) is 5.91 Å². The van der Waals surface area contributed by atoms with Crippen molar-refractivity contribution < 1.29 is 19.0 Å². The van der Waals surface area contributed by atoms with Gasteiger partial charge in [0.2, 0.25) is 0 Å². The van der Waals surface area contributed by atoms with Crippen molar-refractivity contribution in [3.8, 4) is 11.5 Å². The molecule has 0 spiro atoms. The van der Waals surface area contributed by atoms with Crippen molar-refractivity contribution >= 4 is 5.91 Å². The lowest BCUT2D eigenvalue weighted by Crippen LogP contribution is -2.43. The number of hydrogen-bond donors (Lipinski definition) is 0. The summed E-state index contributed by atoms with van der Waals surface area (Å²) in [7, 11) is 0. The molecular formula is C20H25NO4. The van der Waals surface area contributed by atoms with Gasteiger partial charge in [-0.25, -0.2) is 0 Å². The van der Waals surface area contributed by atoms with E-state index in [1.54, 1.807) is 0 Å². The number of amides is 1. The van der Waals surface area contributed by atoms with E-state index in [1.165, 1.54) is 16.7 Å². The predicted molar refractivity (Wildman–Crippen MR) is 92.4 cm³/mol. The third-order valence-electron chi connectivity index (χ3n) is 6.11. The maximum absolute atomic E-state index is 12.6. The minimum atomic E-state index is -0.196. The molecule has 25 heavy (non-hydrogen) atoms. The SMILES string of the molecule is O=C(C1CCCO1)N1CCC(c2c3c(cc4c2OCC4)OCC3)CC1. The maximum Gasteiger partial charge on any atom is 0.251 e. The van der Waals surface area contributed by atoms with Crippen LogP contribution < -0.4 is 9.47 Å². The lowest BCUT2D eigenvalue weighted by molar-refractivity contribution is -0.142. The van der Waals surface area contributed by atoms with Crippen LogP contribution in [0.2, 0.25) is 0 Å². The molecule has 2 fully saturated rings. The topological polar surface area (TPSA) is 48.0 Å². The summed E-state index contributed by atoms with van der Waals surface area (Å²) in [5, 5.41) is 0. The molecule has 4 aliphatic heterocycles. The van der Waals surface area contributed by atoms with Crippen LogP contribution in [0.1, 0.15) is 48.3 Å². The molecule has 4 heterocycles. The molecule has 0 aromatic heterocycles. The van der Waals surface area contributed by atoms with Crippen LogP contribution >= 0.6 is 0 Å². The number of carbonyl (C=O) groups is 1. The highest BCUT2D eigenvalue weighted by Crippen LogP contribution is 2.46. The average molecular weight is 343 g/mol. The molecule has 4 aliphatic rings. The first-order valence-electron chi connectivity index (χ1n) is 9.66. The van der Waals surface area contributed by atoms with Gasteiger partial charge in [-0.2, -0.15) is 0 Å². The number of fused-ring (bicyclic) bond motifs is 2. The van der Waals surface area contributed by atoms with Crippen molar-refractivity contribution in [3.05, 3.63) is 22.8 Å². The lowest BCUT2D eigenvalue weighted by atomic mass is 9.83. The van der Waals surface area contributed by atoms with Gasteiger partial charge in [-0.1, -0.05) is 0 Å². The van der Waals surface area contributed by atoms with E-state index in [4.69, 9.17) is 14.2 Å². The highest BCUT2D eigenvalue weighted by Gasteiger charge is 2.35. The highest BCUT2D eigenvalue weighted by molar-refractivity contribution is 5.81. The highest BCUT2D eigenvalue weighted by atomic mass is 16.5. The van der Waals surface area contributed by atoms with Gasteiger partial charge in [-0.3, -0.25) is 4.79 Å². The number of rotatable bonds is 2. The third kappa shape index (κ3) is 2.60. The van der Waals surface area contributed by atoms with Gasteiger partial charge >= 0.3 is 0 Å². The molecule has 0 saturated carbocycles. The Bertz CT molecular complexity index is 655. The zero-order valence-corrected chi connectivity index (χ0v) is 14.6. The molecule has 5 heteroatoms. The number of nitrogens with zero attached hydrogens (tertiary/aromatic N) is 1. The van der Waals surface area contributed by atoms with E-state index in [1.807, 2.05) is 4.90 Å². The standard InChI is InChI=1S/C20H25NO4/c22-20(16-2-1-9-23-16)21-7-3-13(4-8-21)18-15-6-11-24-17(15)12-14-5-10-25-19(14)18/h12-13,16H,1-11H2. The summed E-state index contributed by atoms with van der Waals surface area (Å²) in [6.07, 6.45) is 5.66. The van der Waals surface area contributed by atoms with Gasteiger partial charge in [-0.15, -0.1) is 0 Å². The Morgan fingerprint density at radius 1 is 1.04 bits per heavy atom. The van der Waals surface area contributed by atoms with Crippen molar-refractivity contribution in [2.45, 2.75) is 50.5 Å². The molecular weight excluding hydrogens is 318 g/mol. The first kappa shape index (κ1) is 15.5. The molecule has 0 N–H and O–H groups in total. The molecule has 0 aliphatic carbocycles. The fourth-order valence-corrected chi connectivity index (χ4v) is 4.82. The largest absolute Gasteiger partial charge is 0.493 e. The van der Waals surface area contributed by atoms with E-state index < -0.39 is 0 Å². The monoisotopic (exact) mass is 343 g/mol. The second kappa shape index (κ2) is 6.20. The number of hydrogen-bond acceptors (Lipinski definition) is 4. The molecule has 0 radical (unpaired) electrons. The van der Waals surface area contributed by atoms with E-state index in [2.05, 4.69) is 6.07 Å². The molecule has 5 rings (SSSR count). The summed E-state index contributed by atoms with van der Waals surface area (Å²) in [4.78, 5) is 14.6. The van der Waals surface area contributed by atoms with Gasteiger partial charge in [0.05, 0.1) is 13.2 Å². The van der Waals surface area contributed by atoms with Crippen molar-refractivity contribution in [2.75, 3.05) is 32.9 Å². The summed E-state index contributed by atoms with van der Waals surface area (Å²) >= 11 is 0. The van der Waals surface area contributed by atoms with E-state index in [-0.39, 0.29) is 12.0 Å². The van der Waals surface area contributed by atoms with Crippen LogP contribution in [0, 0.1) is 0 Å². The van der Waals surface area contributed by atoms with Crippen molar-refractivity contribution in [3.63, 3.8) is 0 Å². The zero-order chi connectivity index (χ0) is 16.8. The second-order valence-corrected chi connectivity index (χ2v) is 7.55. The van der Waals surface area contributed by atoms with Gasteiger partial charge in [-0.05, 0) is 37.7 Å². The molecule has 1 aromatic rings. The van der Waals surface area contributed by atoms with Crippen LogP contribution in [0.4, 0.5) is 0 Å². The van der Waals surface area contributed by atoms with E-state index in [0.29, 0.717) is 5.92 Å². The Hall–Kier alpha value is -1.75. The predicted octanol–water partition coefficient (Wildman–Crippen LogP) is 2.44. The Labute approximate surface area is 148 Å². The van der Waals surface area contributed by atoms with Gasteiger partial charge < -0.3 is 19.1 Å². The van der Waals surface area contributed by atoms with Gasteiger partial charge in [0.15, 0.2) is 0 Å². The number of ether oxygens (including phenoxy) is 3. The lowest BCUT2D eigenvalue weighted by Gasteiger charge is -2.34. The molecule has 0 bridgehead atoms. The summed E-state index contributed by atoms with van der Waals surface area (Å²) in [6, 6.07) is 2.18. The Morgan fingerprint density at radius 2 is 1.88 bits per heavy atom. The Balaban J connectivity index is 1.35. The van der Waals surface area contributed by atoms with Gasteiger partial charge in [0, 0.05) is 49.2 Å². The van der Waals surface area contributed by atoms with Crippen LogP contribution in [0.25, 0.3) is 0 Å². The van der Waals surface area contributed by atoms with Crippen molar-refractivity contribution in [2.24, 2.45) is 0 Å². The normalized spacial score (nSPS) is 25.4. The zero-order valence-electron chi connectivity index (χ0n) is 14.6. The number of benzene rings is 1. The first-order valence-corrected chi connectivity index (χ1v) is 9.66. The second-order valence-electron chi connectivity index (χ2n) is 7.55. The summed E-state index contributed by atoms with van der Waals surface area (Å²) < 4.78 is 17.4. The van der Waals surface area contributed by atoms with Crippen LogP contribution in [0.3, 0.4) is 0 Å². The molecule has 1 amide bonds. The molecule has 134 valence electrons. The number of likely N-dealkylation sites (tertiary alicyclic amines) is 1. The summed E-state index contributed by atoms with van der Waals surface area (Å²) in [5.41, 5.74) is 4.03. The summed E-state index contributed by atoms with van der Waals surface area (Å²) in [5.74, 6) is 2.85. The average Bonchev–Trinajstić information content (AvgIpc) is 3.39. The van der Waals surface area contributed by atoms with E-state index in [0.717, 1.165) is 82.9 Å². The Kier molecular flexibility index (Phi) is 3.85. The fraction of sp³-hybridized carbons (Fsp3) is 0.650. The van der Waals surface area contributed by atoms with Crippen LogP contribution in [-0.2, 0) is 22.4 Å². The number of carbonyl (C=O) groups excluding carboxylic acids is 1. The smallest absolute Gasteiger partial charge is 0.251 e. The van der Waals surface area contributed by atoms with Crippen molar-refractivity contribution in [1.82, 2.24) is 4.90 Å². The molecule has 1 aromatic carbocycles. The fourth-order valence-electron chi connectivity index (χ4n) is 4.82. The quantitative estimate of drug-likeness (QED) is 0.828. The minimum Gasteiger partial charge on any atom is -0.493 e. The van der Waals surface area contributed by atoms with Gasteiger partial charge in [0.1, 0.15) is 17.6 Å². The molecule has 1 unspecified atom stereocenters. The third-order valence-corrected chi connectivity index (χ3v) is 6.11. The maximum atomic E-state index is 12.6. The minimum absolute atomic E-state index is 0.194.